The number of amides is 1. The number of halogens is 1. The fraction of sp³-hybridized carbons (Fsp3) is 0.889. The summed E-state index contributed by atoms with van der Waals surface area (Å²) < 4.78 is 0. The zero-order chi connectivity index (χ0) is 8.23. The van der Waals surface area contributed by atoms with E-state index in [1.54, 1.807) is 0 Å². The van der Waals surface area contributed by atoms with Gasteiger partial charge in [0, 0.05) is 26.1 Å². The van der Waals surface area contributed by atoms with Crippen molar-refractivity contribution in [3.8, 4) is 0 Å². The second kappa shape index (κ2) is 2.61. The fourth-order valence-electron chi connectivity index (χ4n) is 3.27. The lowest BCUT2D eigenvalue weighted by atomic mass is 9.50. The molecule has 1 aliphatic carbocycles. The monoisotopic (exact) mass is 202 g/mol. The smallest absolute Gasteiger partial charge is 0.220 e. The Balaban J connectivity index is 0.000000653. The predicted octanol–water partition coefficient (Wildman–Crippen LogP) is 0.298. The van der Waals surface area contributed by atoms with Crippen molar-refractivity contribution < 1.29 is 4.79 Å². The van der Waals surface area contributed by atoms with Crippen molar-refractivity contribution in [3.05, 3.63) is 0 Å². The molecule has 3 rings (SSSR count). The minimum Gasteiger partial charge on any atom is -0.356 e. The van der Waals surface area contributed by atoms with Crippen LogP contribution in [0, 0.1) is 10.8 Å². The third-order valence-corrected chi connectivity index (χ3v) is 3.70. The van der Waals surface area contributed by atoms with E-state index in [1.807, 2.05) is 0 Å². The van der Waals surface area contributed by atoms with E-state index in [0.717, 1.165) is 13.0 Å². The molecule has 74 valence electrons. The van der Waals surface area contributed by atoms with E-state index in [1.165, 1.54) is 25.9 Å². The fourth-order valence-corrected chi connectivity index (χ4v) is 3.27. The van der Waals surface area contributed by atoms with Crippen molar-refractivity contribution in [2.75, 3.05) is 19.6 Å². The zero-order valence-electron chi connectivity index (χ0n) is 7.56. The third-order valence-electron chi connectivity index (χ3n) is 3.70. The van der Waals surface area contributed by atoms with Gasteiger partial charge in [-0.3, -0.25) is 4.79 Å². The van der Waals surface area contributed by atoms with Crippen molar-refractivity contribution >= 4 is 18.3 Å². The topological polar surface area (TPSA) is 41.1 Å². The summed E-state index contributed by atoms with van der Waals surface area (Å²) in [7, 11) is 0. The maximum atomic E-state index is 11.0. The largest absolute Gasteiger partial charge is 0.356 e. The molecule has 0 radical (unpaired) electrons. The molecule has 0 aromatic carbocycles. The Morgan fingerprint density at radius 3 is 2.15 bits per heavy atom. The number of nitrogens with one attached hydrogen (secondary N) is 2. The average molecular weight is 203 g/mol. The lowest BCUT2D eigenvalue weighted by molar-refractivity contribution is -0.122. The minimum absolute atomic E-state index is 0. The molecule has 0 aromatic heterocycles. The maximum absolute atomic E-state index is 11.0. The van der Waals surface area contributed by atoms with Crippen LogP contribution >= 0.6 is 12.4 Å². The molecule has 2 saturated heterocycles. The second-order valence-corrected chi connectivity index (χ2v) is 4.91. The second-order valence-electron chi connectivity index (χ2n) is 4.91. The zero-order valence-corrected chi connectivity index (χ0v) is 8.38. The highest BCUT2D eigenvalue weighted by molar-refractivity contribution is 5.85. The van der Waals surface area contributed by atoms with Crippen molar-refractivity contribution in [3.63, 3.8) is 0 Å². The van der Waals surface area contributed by atoms with E-state index < -0.39 is 0 Å². The Morgan fingerprint density at radius 2 is 1.77 bits per heavy atom. The van der Waals surface area contributed by atoms with Crippen LogP contribution in [0.15, 0.2) is 0 Å². The van der Waals surface area contributed by atoms with Gasteiger partial charge in [0.25, 0.3) is 0 Å². The maximum Gasteiger partial charge on any atom is 0.220 e. The van der Waals surface area contributed by atoms with Gasteiger partial charge in [-0.2, -0.15) is 0 Å². The van der Waals surface area contributed by atoms with Crippen LogP contribution in [0.4, 0.5) is 0 Å². The first kappa shape index (κ1) is 9.28. The molecule has 2 heterocycles. The van der Waals surface area contributed by atoms with Gasteiger partial charge in [0.15, 0.2) is 0 Å². The molecule has 2 N–H and O–H groups in total. The molecule has 3 aliphatic rings. The number of hydrogen-bond donors (Lipinski definition) is 2. The SMILES string of the molecule is Cl.O=C1CC2(CN1)CC1(CNC1)C2. The summed E-state index contributed by atoms with van der Waals surface area (Å²) in [5.41, 5.74) is 0.978. The number of hydrogen-bond acceptors (Lipinski definition) is 2. The van der Waals surface area contributed by atoms with E-state index in [0.29, 0.717) is 10.8 Å². The molecule has 1 amide bonds. The molecule has 3 fully saturated rings. The number of rotatable bonds is 0. The van der Waals surface area contributed by atoms with Crippen molar-refractivity contribution in [1.29, 1.82) is 0 Å². The van der Waals surface area contributed by atoms with Crippen molar-refractivity contribution in [2.45, 2.75) is 19.3 Å². The summed E-state index contributed by atoms with van der Waals surface area (Å²) in [5.74, 6) is 0.261. The summed E-state index contributed by atoms with van der Waals surface area (Å²) in [5, 5.41) is 6.26. The Bertz CT molecular complexity index is 242. The molecular formula is C9H15ClN2O. The van der Waals surface area contributed by atoms with Gasteiger partial charge in [0.2, 0.25) is 5.91 Å². The summed E-state index contributed by atoms with van der Waals surface area (Å²) in [4.78, 5) is 11.0. The minimum atomic E-state index is 0. The van der Waals surface area contributed by atoms with E-state index in [4.69, 9.17) is 0 Å². The molecule has 4 heteroatoms. The van der Waals surface area contributed by atoms with Crippen LogP contribution in [0.25, 0.3) is 0 Å². The highest BCUT2D eigenvalue weighted by Gasteiger charge is 2.59. The summed E-state index contributed by atoms with van der Waals surface area (Å²) >= 11 is 0. The van der Waals surface area contributed by atoms with Crippen LogP contribution in [-0.2, 0) is 4.79 Å². The highest BCUT2D eigenvalue weighted by atomic mass is 35.5. The first-order valence-electron chi connectivity index (χ1n) is 4.70. The van der Waals surface area contributed by atoms with Gasteiger partial charge in [0.1, 0.15) is 0 Å². The van der Waals surface area contributed by atoms with Gasteiger partial charge in [-0.1, -0.05) is 0 Å². The lowest BCUT2D eigenvalue weighted by Crippen LogP contribution is -2.64. The summed E-state index contributed by atoms with van der Waals surface area (Å²) in [6, 6.07) is 0. The molecule has 0 unspecified atom stereocenters. The molecule has 13 heavy (non-hydrogen) atoms. The first-order chi connectivity index (χ1) is 5.72. The molecule has 0 aromatic rings. The van der Waals surface area contributed by atoms with Gasteiger partial charge in [-0.25, -0.2) is 0 Å². The Kier molecular flexibility index (Phi) is 1.86. The van der Waals surface area contributed by atoms with Crippen molar-refractivity contribution in [1.82, 2.24) is 10.6 Å². The van der Waals surface area contributed by atoms with Crippen LogP contribution in [0.3, 0.4) is 0 Å². The summed E-state index contributed by atoms with van der Waals surface area (Å²) in [6.45, 7) is 3.31. The van der Waals surface area contributed by atoms with Gasteiger partial charge >= 0.3 is 0 Å². The van der Waals surface area contributed by atoms with Crippen LogP contribution in [0.5, 0.6) is 0 Å². The van der Waals surface area contributed by atoms with E-state index in [-0.39, 0.29) is 18.3 Å². The molecule has 1 saturated carbocycles. The van der Waals surface area contributed by atoms with E-state index >= 15 is 0 Å². The number of carbonyl (C=O) groups excluding carboxylic acids is 1. The van der Waals surface area contributed by atoms with E-state index in [9.17, 15) is 4.79 Å². The molecule has 2 spiro atoms. The summed E-state index contributed by atoms with van der Waals surface area (Å²) in [6.07, 6.45) is 3.33. The molecular weight excluding hydrogens is 188 g/mol. The molecule has 2 aliphatic heterocycles. The normalized spacial score (nSPS) is 31.8. The van der Waals surface area contributed by atoms with Crippen LogP contribution < -0.4 is 10.6 Å². The Morgan fingerprint density at radius 1 is 1.08 bits per heavy atom. The standard InChI is InChI=1S/C9H14N2O.ClH/c12-7-1-8(6-11-7)2-9(3-8)4-10-5-9;/h10H,1-6H2,(H,11,12);1H. The van der Waals surface area contributed by atoms with Gasteiger partial charge < -0.3 is 10.6 Å². The van der Waals surface area contributed by atoms with Crippen LogP contribution in [0.1, 0.15) is 19.3 Å². The third kappa shape index (κ3) is 1.17. The quantitative estimate of drug-likeness (QED) is 0.593. The number of carbonyl (C=O) groups is 1. The van der Waals surface area contributed by atoms with Gasteiger partial charge in [0.05, 0.1) is 0 Å². The highest BCUT2D eigenvalue weighted by Crippen LogP contribution is 2.59. The van der Waals surface area contributed by atoms with Crippen molar-refractivity contribution in [2.24, 2.45) is 10.8 Å². The predicted molar refractivity (Wildman–Crippen MR) is 51.8 cm³/mol. The van der Waals surface area contributed by atoms with E-state index in [2.05, 4.69) is 10.6 Å². The van der Waals surface area contributed by atoms with Crippen LogP contribution in [-0.4, -0.2) is 25.5 Å². The molecule has 0 atom stereocenters. The lowest BCUT2D eigenvalue weighted by Gasteiger charge is -2.59. The van der Waals surface area contributed by atoms with Crippen LogP contribution in [0.2, 0.25) is 0 Å². The average Bonchev–Trinajstić information content (AvgIpc) is 2.23. The Hall–Kier alpha value is -0.280. The Labute approximate surface area is 84.1 Å². The van der Waals surface area contributed by atoms with Gasteiger partial charge in [-0.15, -0.1) is 12.4 Å². The van der Waals surface area contributed by atoms with Gasteiger partial charge in [-0.05, 0) is 23.7 Å². The first-order valence-corrected chi connectivity index (χ1v) is 4.70. The molecule has 3 nitrogen and oxygen atoms in total. The molecule has 0 bridgehead atoms.